The fourth-order valence-electron chi connectivity index (χ4n) is 5.69. The largest absolute Gasteiger partial charge is 0.478 e. The van der Waals surface area contributed by atoms with Crippen molar-refractivity contribution in [1.82, 2.24) is 9.55 Å². The number of carboxylic acid groups (broad SMARTS) is 1. The molecule has 198 valence electrons. The summed E-state index contributed by atoms with van der Waals surface area (Å²) >= 11 is 0. The molecule has 1 aromatic heterocycles. The summed E-state index contributed by atoms with van der Waals surface area (Å²) in [5.41, 5.74) is 12.3. The molecule has 0 atom stereocenters. The molecule has 3 N–H and O–H groups in total. The summed E-state index contributed by atoms with van der Waals surface area (Å²) in [5, 5.41) is 9.31. The van der Waals surface area contributed by atoms with Crippen molar-refractivity contribution in [2.45, 2.75) is 64.3 Å². The van der Waals surface area contributed by atoms with Crippen LogP contribution in [0.3, 0.4) is 0 Å². The number of aromatic carboxylic acids is 1. The van der Waals surface area contributed by atoms with Crippen LogP contribution in [0, 0.1) is 0 Å². The maximum atomic E-state index is 11.3. The van der Waals surface area contributed by atoms with E-state index in [0.717, 1.165) is 47.4 Å². The van der Waals surface area contributed by atoms with Crippen LogP contribution in [0.2, 0.25) is 0 Å². The summed E-state index contributed by atoms with van der Waals surface area (Å²) in [6, 6.07) is 22.5. The van der Waals surface area contributed by atoms with Crippen LogP contribution < -0.4 is 10.6 Å². The molecule has 6 nitrogen and oxygen atoms in total. The fourth-order valence-corrected chi connectivity index (χ4v) is 5.69. The predicted octanol–water partition coefficient (Wildman–Crippen LogP) is 7.34. The molecule has 1 aliphatic carbocycles. The summed E-state index contributed by atoms with van der Waals surface area (Å²) in [6.45, 7) is 4.55. The van der Waals surface area contributed by atoms with Crippen molar-refractivity contribution in [3.8, 4) is 11.4 Å². The Balaban J connectivity index is 0.000000204. The third kappa shape index (κ3) is 5.69. The van der Waals surface area contributed by atoms with Crippen LogP contribution in [0.5, 0.6) is 0 Å². The Hall–Kier alpha value is -3.80. The highest BCUT2D eigenvalue weighted by atomic mass is 16.4. The lowest BCUT2D eigenvalue weighted by atomic mass is 9.94. The van der Waals surface area contributed by atoms with Crippen molar-refractivity contribution >= 4 is 28.4 Å². The number of carbonyl (C=O) groups is 1. The number of imidazole rings is 1. The van der Waals surface area contributed by atoms with E-state index in [1.165, 1.54) is 56.4 Å². The van der Waals surface area contributed by atoms with Gasteiger partial charge < -0.3 is 20.3 Å². The number of nitrogens with two attached hydrogens (primary N) is 1. The van der Waals surface area contributed by atoms with Crippen LogP contribution in [0.4, 0.5) is 11.4 Å². The van der Waals surface area contributed by atoms with Crippen molar-refractivity contribution in [3.63, 3.8) is 0 Å². The zero-order valence-corrected chi connectivity index (χ0v) is 22.3. The van der Waals surface area contributed by atoms with Gasteiger partial charge in [-0.15, -0.1) is 0 Å². The number of aromatic nitrogens is 2. The van der Waals surface area contributed by atoms with Gasteiger partial charge >= 0.3 is 5.97 Å². The zero-order chi connectivity index (χ0) is 26.5. The summed E-state index contributed by atoms with van der Waals surface area (Å²) in [6.07, 6.45) is 9.76. The topological polar surface area (TPSA) is 84.4 Å². The number of nitrogen functional groups attached to an aromatic ring is 1. The average Bonchev–Trinajstić information content (AvgIpc) is 3.63. The minimum Gasteiger partial charge on any atom is -0.478 e. The molecule has 0 spiro atoms. The molecule has 0 amide bonds. The normalized spacial score (nSPS) is 15.9. The van der Waals surface area contributed by atoms with Crippen LogP contribution in [0.1, 0.15) is 73.8 Å². The molecule has 2 heterocycles. The quantitative estimate of drug-likeness (QED) is 0.274. The highest BCUT2D eigenvalue weighted by Gasteiger charge is 2.23. The first kappa shape index (κ1) is 25.8. The SMILES string of the molecule is CCc1ccc(-c2nc3cc(C(=O)O)ccc3n2C2CCCCC2)cc1.Nc1ccc(N2CCCC2)cc1. The second kappa shape index (κ2) is 11.7. The zero-order valence-electron chi connectivity index (χ0n) is 22.3. The van der Waals surface area contributed by atoms with Gasteiger partial charge in [0.2, 0.25) is 0 Å². The van der Waals surface area contributed by atoms with E-state index >= 15 is 0 Å². The number of rotatable bonds is 5. The Morgan fingerprint density at radius 2 is 1.61 bits per heavy atom. The van der Waals surface area contributed by atoms with Crippen LogP contribution >= 0.6 is 0 Å². The molecule has 1 aliphatic heterocycles. The molecule has 3 aromatic carbocycles. The lowest BCUT2D eigenvalue weighted by Crippen LogP contribution is -2.17. The van der Waals surface area contributed by atoms with E-state index in [4.69, 9.17) is 10.7 Å². The van der Waals surface area contributed by atoms with Crippen LogP contribution in [-0.4, -0.2) is 33.7 Å². The van der Waals surface area contributed by atoms with Gasteiger partial charge in [-0.1, -0.05) is 50.5 Å². The van der Waals surface area contributed by atoms with Crippen molar-refractivity contribution in [1.29, 1.82) is 0 Å². The Morgan fingerprint density at radius 3 is 2.24 bits per heavy atom. The van der Waals surface area contributed by atoms with Gasteiger partial charge in [0.25, 0.3) is 0 Å². The van der Waals surface area contributed by atoms with Crippen molar-refractivity contribution in [2.24, 2.45) is 0 Å². The van der Waals surface area contributed by atoms with Crippen LogP contribution in [0.25, 0.3) is 22.4 Å². The number of anilines is 2. The van der Waals surface area contributed by atoms with Gasteiger partial charge in [0.05, 0.1) is 16.6 Å². The fraction of sp³-hybridized carbons (Fsp3) is 0.375. The molecular formula is C32H38N4O2. The first-order valence-electron chi connectivity index (χ1n) is 14.0. The number of nitrogens with zero attached hydrogens (tertiary/aromatic N) is 3. The molecule has 2 fully saturated rings. The minimum atomic E-state index is -0.909. The average molecular weight is 511 g/mol. The van der Waals surface area contributed by atoms with Crippen molar-refractivity contribution < 1.29 is 9.90 Å². The summed E-state index contributed by atoms with van der Waals surface area (Å²) in [4.78, 5) is 18.6. The molecule has 6 rings (SSSR count). The van der Waals surface area contributed by atoms with Gasteiger partial charge in [0.15, 0.2) is 0 Å². The highest BCUT2D eigenvalue weighted by Crippen LogP contribution is 2.36. The van der Waals surface area contributed by atoms with Crippen molar-refractivity contribution in [3.05, 3.63) is 77.9 Å². The summed E-state index contributed by atoms with van der Waals surface area (Å²) in [5.74, 6) is 0.0463. The molecule has 1 saturated carbocycles. The number of hydrogen-bond acceptors (Lipinski definition) is 4. The van der Waals surface area contributed by atoms with Gasteiger partial charge in [0, 0.05) is 36.1 Å². The lowest BCUT2D eigenvalue weighted by Gasteiger charge is -2.25. The Kier molecular flexibility index (Phi) is 7.97. The Labute approximate surface area is 225 Å². The third-order valence-electron chi connectivity index (χ3n) is 7.86. The second-order valence-electron chi connectivity index (χ2n) is 10.4. The first-order chi connectivity index (χ1) is 18.5. The molecule has 0 unspecified atom stereocenters. The van der Waals surface area contributed by atoms with Gasteiger partial charge in [-0.25, -0.2) is 9.78 Å². The standard InChI is InChI=1S/C22H24N2O2.C10H14N2/c1-2-15-8-10-16(11-9-15)21-23-19-14-17(22(25)26)12-13-20(19)24(21)18-6-4-3-5-7-18;11-9-3-5-10(6-4-9)12-7-1-2-8-12/h8-14,18H,2-7H2,1H3,(H,25,26);3-6H,1-2,7-8,11H2. The van der Waals surface area contributed by atoms with Crippen molar-refractivity contribution in [2.75, 3.05) is 23.7 Å². The molecule has 38 heavy (non-hydrogen) atoms. The predicted molar refractivity (Wildman–Crippen MR) is 156 cm³/mol. The third-order valence-corrected chi connectivity index (χ3v) is 7.86. The molecule has 6 heteroatoms. The molecule has 0 radical (unpaired) electrons. The number of fused-ring (bicyclic) bond motifs is 1. The van der Waals surface area contributed by atoms with Crippen LogP contribution in [-0.2, 0) is 6.42 Å². The molecular weight excluding hydrogens is 472 g/mol. The molecule has 2 aliphatic rings. The van der Waals surface area contributed by atoms with E-state index < -0.39 is 5.97 Å². The summed E-state index contributed by atoms with van der Waals surface area (Å²) < 4.78 is 2.35. The summed E-state index contributed by atoms with van der Waals surface area (Å²) in [7, 11) is 0. The van der Waals surface area contributed by atoms with E-state index in [9.17, 15) is 9.90 Å². The van der Waals surface area contributed by atoms with E-state index in [2.05, 4.69) is 52.8 Å². The first-order valence-corrected chi connectivity index (χ1v) is 14.0. The number of hydrogen-bond donors (Lipinski definition) is 2. The maximum Gasteiger partial charge on any atom is 0.335 e. The van der Waals surface area contributed by atoms with Gasteiger partial charge in [0.1, 0.15) is 5.82 Å². The van der Waals surface area contributed by atoms with Crippen LogP contribution in [0.15, 0.2) is 66.7 Å². The maximum absolute atomic E-state index is 11.3. The van der Waals surface area contributed by atoms with E-state index in [0.29, 0.717) is 11.6 Å². The number of carboxylic acids is 1. The van der Waals surface area contributed by atoms with E-state index in [-0.39, 0.29) is 0 Å². The number of benzene rings is 3. The number of aryl methyl sites for hydroxylation is 1. The van der Waals surface area contributed by atoms with Gasteiger partial charge in [-0.2, -0.15) is 0 Å². The van der Waals surface area contributed by atoms with Gasteiger partial charge in [-0.3, -0.25) is 0 Å². The second-order valence-corrected chi connectivity index (χ2v) is 10.4. The molecule has 4 aromatic rings. The monoisotopic (exact) mass is 510 g/mol. The molecule has 0 bridgehead atoms. The van der Waals surface area contributed by atoms with E-state index in [1.807, 2.05) is 18.2 Å². The molecule has 1 saturated heterocycles. The van der Waals surface area contributed by atoms with E-state index in [1.54, 1.807) is 12.1 Å². The Bertz CT molecular complexity index is 1360. The minimum absolute atomic E-state index is 0.290. The lowest BCUT2D eigenvalue weighted by molar-refractivity contribution is 0.0697. The highest BCUT2D eigenvalue weighted by molar-refractivity contribution is 5.93. The Morgan fingerprint density at radius 1 is 0.921 bits per heavy atom. The van der Waals surface area contributed by atoms with Gasteiger partial charge in [-0.05, 0) is 80.1 Å². The smallest absolute Gasteiger partial charge is 0.335 e.